The van der Waals surface area contributed by atoms with Gasteiger partial charge in [0, 0.05) is 29.2 Å². The van der Waals surface area contributed by atoms with Crippen LogP contribution in [0.25, 0.3) is 10.6 Å². The summed E-state index contributed by atoms with van der Waals surface area (Å²) in [5.74, 6) is -0.366. The van der Waals surface area contributed by atoms with Gasteiger partial charge in [-0.05, 0) is 43.3 Å². The number of amides is 1. The molecule has 2 aromatic carbocycles. The summed E-state index contributed by atoms with van der Waals surface area (Å²) in [5.41, 5.74) is 3.04. The Kier molecular flexibility index (Phi) is 5.09. The van der Waals surface area contributed by atoms with E-state index in [-0.39, 0.29) is 17.8 Å². The molecule has 1 heterocycles. The van der Waals surface area contributed by atoms with E-state index in [1.807, 2.05) is 36.6 Å². The van der Waals surface area contributed by atoms with Gasteiger partial charge in [-0.2, -0.15) is 0 Å². The normalized spacial score (nSPS) is 11.8. The summed E-state index contributed by atoms with van der Waals surface area (Å²) in [6, 6.07) is 14.1. The summed E-state index contributed by atoms with van der Waals surface area (Å²) in [6.07, 6.45) is 0. The zero-order chi connectivity index (χ0) is 17.8. The van der Waals surface area contributed by atoms with Crippen LogP contribution in [0.1, 0.15) is 25.6 Å². The minimum absolute atomic E-state index is 0.0246. The lowest BCUT2D eigenvalue weighted by Crippen LogP contribution is -2.08. The number of nitrogens with zero attached hydrogens (tertiary/aromatic N) is 1. The molecule has 1 aromatic heterocycles. The standard InChI is InChI=1S/C19H18FN3OS/c1-12(21-14-7-9-15(10-8-14)22-13(2)24)18-11-25-19(23-18)16-5-3-4-6-17(16)20/h3-12,21H,1-2H3,(H,22,24). The molecule has 4 nitrogen and oxygen atoms in total. The van der Waals surface area contributed by atoms with Gasteiger partial charge < -0.3 is 10.6 Å². The lowest BCUT2D eigenvalue weighted by atomic mass is 10.2. The monoisotopic (exact) mass is 355 g/mol. The third kappa shape index (κ3) is 4.22. The van der Waals surface area contributed by atoms with Gasteiger partial charge in [0.05, 0.1) is 11.7 Å². The number of hydrogen-bond donors (Lipinski definition) is 2. The Hall–Kier alpha value is -2.73. The number of thiazole rings is 1. The van der Waals surface area contributed by atoms with Crippen LogP contribution in [0.4, 0.5) is 15.8 Å². The van der Waals surface area contributed by atoms with Crippen LogP contribution in [0.2, 0.25) is 0 Å². The van der Waals surface area contributed by atoms with E-state index in [1.165, 1.54) is 24.3 Å². The fourth-order valence-corrected chi connectivity index (χ4v) is 3.36. The summed E-state index contributed by atoms with van der Waals surface area (Å²) in [5, 5.41) is 8.69. The van der Waals surface area contributed by atoms with E-state index in [0.717, 1.165) is 17.1 Å². The van der Waals surface area contributed by atoms with Gasteiger partial charge in [-0.3, -0.25) is 4.79 Å². The molecule has 25 heavy (non-hydrogen) atoms. The predicted octanol–water partition coefficient (Wildman–Crippen LogP) is 5.08. The van der Waals surface area contributed by atoms with E-state index in [4.69, 9.17) is 0 Å². The second-order valence-corrected chi connectivity index (χ2v) is 6.54. The quantitative estimate of drug-likeness (QED) is 0.671. The van der Waals surface area contributed by atoms with Crippen molar-refractivity contribution >= 4 is 28.6 Å². The van der Waals surface area contributed by atoms with Gasteiger partial charge in [0.2, 0.25) is 5.91 Å². The predicted molar refractivity (Wildman–Crippen MR) is 100 cm³/mol. The average Bonchev–Trinajstić information content (AvgIpc) is 3.06. The maximum absolute atomic E-state index is 13.9. The minimum atomic E-state index is -0.266. The highest BCUT2D eigenvalue weighted by molar-refractivity contribution is 7.13. The summed E-state index contributed by atoms with van der Waals surface area (Å²) >= 11 is 1.43. The largest absolute Gasteiger partial charge is 0.377 e. The van der Waals surface area contributed by atoms with Gasteiger partial charge in [0.15, 0.2) is 0 Å². The van der Waals surface area contributed by atoms with Gasteiger partial charge in [-0.1, -0.05) is 12.1 Å². The first-order chi connectivity index (χ1) is 12.0. The van der Waals surface area contributed by atoms with Crippen LogP contribution in [-0.2, 0) is 4.79 Å². The molecule has 0 fully saturated rings. The molecule has 1 amide bonds. The van der Waals surface area contributed by atoms with Crippen molar-refractivity contribution in [3.63, 3.8) is 0 Å². The molecule has 128 valence electrons. The molecular formula is C19H18FN3OS. The van der Waals surface area contributed by atoms with E-state index < -0.39 is 0 Å². The summed E-state index contributed by atoms with van der Waals surface area (Å²) < 4.78 is 13.9. The van der Waals surface area contributed by atoms with Gasteiger partial charge in [0.1, 0.15) is 10.8 Å². The highest BCUT2D eigenvalue weighted by Crippen LogP contribution is 2.29. The van der Waals surface area contributed by atoms with Crippen LogP contribution < -0.4 is 10.6 Å². The van der Waals surface area contributed by atoms with Crippen molar-refractivity contribution in [3.8, 4) is 10.6 Å². The molecule has 0 saturated heterocycles. The van der Waals surface area contributed by atoms with E-state index in [1.54, 1.807) is 18.2 Å². The van der Waals surface area contributed by atoms with Crippen LogP contribution in [-0.4, -0.2) is 10.9 Å². The van der Waals surface area contributed by atoms with Crippen molar-refractivity contribution in [2.45, 2.75) is 19.9 Å². The van der Waals surface area contributed by atoms with Crippen LogP contribution in [0, 0.1) is 5.82 Å². The van der Waals surface area contributed by atoms with Gasteiger partial charge in [-0.15, -0.1) is 11.3 Å². The lowest BCUT2D eigenvalue weighted by Gasteiger charge is -2.13. The molecule has 0 aliphatic rings. The summed E-state index contributed by atoms with van der Waals surface area (Å²) in [4.78, 5) is 15.6. The molecular weight excluding hydrogens is 337 g/mol. The number of carbonyl (C=O) groups excluding carboxylic acids is 1. The number of halogens is 1. The topological polar surface area (TPSA) is 54.0 Å². The second kappa shape index (κ2) is 7.44. The highest BCUT2D eigenvalue weighted by atomic mass is 32.1. The van der Waals surface area contributed by atoms with Gasteiger partial charge >= 0.3 is 0 Å². The van der Waals surface area contributed by atoms with Crippen LogP contribution in [0.5, 0.6) is 0 Å². The Morgan fingerprint density at radius 1 is 1.12 bits per heavy atom. The molecule has 1 unspecified atom stereocenters. The third-order valence-corrected chi connectivity index (χ3v) is 4.55. The summed E-state index contributed by atoms with van der Waals surface area (Å²) in [7, 11) is 0. The van der Waals surface area contributed by atoms with E-state index in [2.05, 4.69) is 15.6 Å². The van der Waals surface area contributed by atoms with Crippen molar-refractivity contribution in [2.75, 3.05) is 10.6 Å². The van der Waals surface area contributed by atoms with E-state index in [0.29, 0.717) is 10.6 Å². The smallest absolute Gasteiger partial charge is 0.221 e. The van der Waals surface area contributed by atoms with Gasteiger partial charge in [0.25, 0.3) is 0 Å². The number of nitrogens with one attached hydrogen (secondary N) is 2. The molecule has 3 rings (SSSR count). The van der Waals surface area contributed by atoms with Crippen molar-refractivity contribution in [3.05, 3.63) is 65.4 Å². The minimum Gasteiger partial charge on any atom is -0.377 e. The number of hydrogen-bond acceptors (Lipinski definition) is 4. The Balaban J connectivity index is 1.71. The van der Waals surface area contributed by atoms with Crippen molar-refractivity contribution in [1.29, 1.82) is 0 Å². The molecule has 0 radical (unpaired) electrons. The number of carbonyl (C=O) groups is 1. The molecule has 0 saturated carbocycles. The highest BCUT2D eigenvalue weighted by Gasteiger charge is 2.13. The first-order valence-corrected chi connectivity index (χ1v) is 8.75. The molecule has 0 spiro atoms. The Morgan fingerprint density at radius 2 is 1.80 bits per heavy atom. The fourth-order valence-electron chi connectivity index (χ4n) is 2.42. The molecule has 0 aliphatic carbocycles. The first kappa shape index (κ1) is 17.1. The number of aromatic nitrogens is 1. The molecule has 6 heteroatoms. The number of anilines is 2. The maximum Gasteiger partial charge on any atom is 0.221 e. The molecule has 3 aromatic rings. The Morgan fingerprint density at radius 3 is 2.48 bits per heavy atom. The Labute approximate surface area is 149 Å². The molecule has 0 aliphatic heterocycles. The third-order valence-electron chi connectivity index (χ3n) is 3.66. The zero-order valence-electron chi connectivity index (χ0n) is 13.9. The number of benzene rings is 2. The SMILES string of the molecule is CC(=O)Nc1ccc(NC(C)c2csc(-c3ccccc3F)n2)cc1. The van der Waals surface area contributed by atoms with Gasteiger partial charge in [-0.25, -0.2) is 9.37 Å². The van der Waals surface area contributed by atoms with Crippen molar-refractivity contribution < 1.29 is 9.18 Å². The zero-order valence-corrected chi connectivity index (χ0v) is 14.7. The van der Waals surface area contributed by atoms with Crippen LogP contribution in [0.3, 0.4) is 0 Å². The van der Waals surface area contributed by atoms with E-state index >= 15 is 0 Å². The van der Waals surface area contributed by atoms with Crippen molar-refractivity contribution in [2.24, 2.45) is 0 Å². The fraction of sp³-hybridized carbons (Fsp3) is 0.158. The van der Waals surface area contributed by atoms with Crippen LogP contribution in [0.15, 0.2) is 53.9 Å². The Bertz CT molecular complexity index is 876. The summed E-state index contributed by atoms with van der Waals surface area (Å²) in [6.45, 7) is 3.48. The number of rotatable bonds is 5. The average molecular weight is 355 g/mol. The molecule has 1 atom stereocenters. The lowest BCUT2D eigenvalue weighted by molar-refractivity contribution is -0.114. The first-order valence-electron chi connectivity index (χ1n) is 7.87. The molecule has 0 bridgehead atoms. The molecule has 2 N–H and O–H groups in total. The van der Waals surface area contributed by atoms with E-state index in [9.17, 15) is 9.18 Å². The van der Waals surface area contributed by atoms with Crippen LogP contribution >= 0.6 is 11.3 Å². The maximum atomic E-state index is 13.9. The second-order valence-electron chi connectivity index (χ2n) is 5.68. The van der Waals surface area contributed by atoms with Crippen molar-refractivity contribution in [1.82, 2.24) is 4.98 Å².